The van der Waals surface area contributed by atoms with Gasteiger partial charge in [0.15, 0.2) is 12.5 Å². The number of hydrogen-bond donors (Lipinski definition) is 3. The van der Waals surface area contributed by atoms with Crippen LogP contribution in [0, 0.1) is 0 Å². The van der Waals surface area contributed by atoms with E-state index in [1.54, 1.807) is 0 Å². The smallest absolute Gasteiger partial charge is 0.330 e. The van der Waals surface area contributed by atoms with Crippen molar-refractivity contribution in [1.82, 2.24) is 9.55 Å². The van der Waals surface area contributed by atoms with Crippen LogP contribution in [-0.2, 0) is 9.53 Å². The summed E-state index contributed by atoms with van der Waals surface area (Å²) >= 11 is 0. The van der Waals surface area contributed by atoms with Crippen molar-refractivity contribution < 1.29 is 19.7 Å². The molecule has 0 saturated carbocycles. The number of rotatable bonds is 2. The van der Waals surface area contributed by atoms with E-state index >= 15 is 0 Å². The second-order valence-electron chi connectivity index (χ2n) is 3.63. The van der Waals surface area contributed by atoms with Crippen LogP contribution in [0.4, 0.5) is 0 Å². The van der Waals surface area contributed by atoms with Gasteiger partial charge in [-0.25, -0.2) is 4.79 Å². The summed E-state index contributed by atoms with van der Waals surface area (Å²) in [5.74, 6) is 0. The molecule has 3 N–H and O–H groups in total. The number of carbonyl (C=O) groups is 1. The van der Waals surface area contributed by atoms with Gasteiger partial charge in [0.25, 0.3) is 5.56 Å². The quantitative estimate of drug-likeness (QED) is 0.487. The zero-order valence-electron chi connectivity index (χ0n) is 8.52. The summed E-state index contributed by atoms with van der Waals surface area (Å²) in [7, 11) is 0. The highest BCUT2D eigenvalue weighted by atomic mass is 16.6. The third-order valence-corrected chi connectivity index (χ3v) is 2.53. The molecule has 0 aromatic carbocycles. The van der Waals surface area contributed by atoms with Gasteiger partial charge in [-0.3, -0.25) is 14.3 Å². The molecular formula is C9H10N2O6. The van der Waals surface area contributed by atoms with Crippen molar-refractivity contribution in [3.8, 4) is 0 Å². The molecule has 1 aliphatic heterocycles. The van der Waals surface area contributed by atoms with E-state index in [2.05, 4.69) is 0 Å². The maximum atomic E-state index is 11.4. The first-order valence-electron chi connectivity index (χ1n) is 4.83. The topological polar surface area (TPSA) is 122 Å². The number of aliphatic hydroxyl groups is 2. The van der Waals surface area contributed by atoms with Crippen molar-refractivity contribution in [2.75, 3.05) is 0 Å². The summed E-state index contributed by atoms with van der Waals surface area (Å²) in [6.45, 7) is 0. The molecule has 0 spiro atoms. The lowest BCUT2D eigenvalue weighted by Crippen LogP contribution is -2.37. The third kappa shape index (κ3) is 1.93. The number of H-pyrrole nitrogens is 1. The normalized spacial score (nSPS) is 32.6. The number of aldehydes is 1. The van der Waals surface area contributed by atoms with E-state index in [-0.39, 0.29) is 0 Å². The number of aliphatic hydroxyl groups excluding tert-OH is 2. The fraction of sp³-hybridized carbons (Fsp3) is 0.444. The Labute approximate surface area is 94.1 Å². The molecule has 0 amide bonds. The van der Waals surface area contributed by atoms with Gasteiger partial charge in [0.05, 0.1) is 0 Å². The molecule has 2 rings (SSSR count). The minimum absolute atomic E-state index is 0.338. The summed E-state index contributed by atoms with van der Waals surface area (Å²) in [6.07, 6.45) is -3.77. The van der Waals surface area contributed by atoms with Crippen molar-refractivity contribution in [2.45, 2.75) is 24.5 Å². The Bertz CT molecular complexity index is 535. The molecule has 0 aliphatic carbocycles. The Morgan fingerprint density at radius 1 is 1.35 bits per heavy atom. The molecule has 4 atom stereocenters. The van der Waals surface area contributed by atoms with Gasteiger partial charge in [0.1, 0.15) is 18.3 Å². The van der Waals surface area contributed by atoms with E-state index < -0.39 is 35.8 Å². The van der Waals surface area contributed by atoms with Crippen molar-refractivity contribution in [2.24, 2.45) is 0 Å². The summed E-state index contributed by atoms with van der Waals surface area (Å²) in [5.41, 5.74) is -1.38. The van der Waals surface area contributed by atoms with Crippen LogP contribution < -0.4 is 11.2 Å². The van der Waals surface area contributed by atoms with Gasteiger partial charge in [-0.15, -0.1) is 0 Å². The Hall–Kier alpha value is -1.77. The molecule has 0 radical (unpaired) electrons. The predicted octanol–water partition coefficient (Wildman–Crippen LogP) is -2.65. The highest BCUT2D eigenvalue weighted by Gasteiger charge is 2.43. The number of nitrogens with one attached hydrogen (secondary N) is 1. The van der Waals surface area contributed by atoms with Crippen LogP contribution in [0.15, 0.2) is 21.9 Å². The third-order valence-electron chi connectivity index (χ3n) is 2.53. The minimum Gasteiger partial charge on any atom is -0.387 e. The molecule has 1 fully saturated rings. The van der Waals surface area contributed by atoms with Gasteiger partial charge in [-0.2, -0.15) is 0 Å². The van der Waals surface area contributed by atoms with Crippen LogP contribution in [0.25, 0.3) is 0 Å². The minimum atomic E-state index is -1.42. The average Bonchev–Trinajstić information content (AvgIpc) is 2.57. The molecule has 17 heavy (non-hydrogen) atoms. The van der Waals surface area contributed by atoms with Gasteiger partial charge in [0, 0.05) is 12.3 Å². The number of hydrogen-bond acceptors (Lipinski definition) is 6. The standard InChI is InChI=1S/C9H10N2O6/c12-3-4-6(14)7(15)8(17-4)11-2-1-5(13)10-9(11)16/h1-4,6-8,14-15H,(H,10,13,16)/t4-,6-,7-,8-/m1/s1. The largest absolute Gasteiger partial charge is 0.387 e. The molecule has 92 valence electrons. The van der Waals surface area contributed by atoms with Crippen LogP contribution in [0.5, 0.6) is 0 Å². The van der Waals surface area contributed by atoms with Crippen molar-refractivity contribution in [1.29, 1.82) is 0 Å². The SMILES string of the molecule is O=C[C@H]1O[C@@H](n2ccc(=O)[nH]c2=O)[C@H](O)[C@@H]1O. The summed E-state index contributed by atoms with van der Waals surface area (Å²) in [5, 5.41) is 19.1. The van der Waals surface area contributed by atoms with Gasteiger partial charge < -0.3 is 19.7 Å². The molecule has 8 nitrogen and oxygen atoms in total. The van der Waals surface area contributed by atoms with Crippen LogP contribution in [0.3, 0.4) is 0 Å². The molecule has 0 unspecified atom stereocenters. The van der Waals surface area contributed by atoms with E-state index in [0.717, 1.165) is 16.8 Å². The van der Waals surface area contributed by atoms with Crippen LogP contribution in [-0.4, -0.2) is 44.4 Å². The maximum Gasteiger partial charge on any atom is 0.330 e. The van der Waals surface area contributed by atoms with Gasteiger partial charge in [0.2, 0.25) is 0 Å². The van der Waals surface area contributed by atoms with Crippen molar-refractivity contribution >= 4 is 6.29 Å². The summed E-state index contributed by atoms with van der Waals surface area (Å²) in [4.78, 5) is 34.8. The number of nitrogens with zero attached hydrogens (tertiary/aromatic N) is 1. The van der Waals surface area contributed by atoms with E-state index in [1.807, 2.05) is 4.98 Å². The van der Waals surface area contributed by atoms with Crippen LogP contribution in [0.2, 0.25) is 0 Å². The highest BCUT2D eigenvalue weighted by Crippen LogP contribution is 2.26. The Kier molecular flexibility index (Phi) is 2.92. The number of ether oxygens (including phenoxy) is 1. The summed E-state index contributed by atoms with van der Waals surface area (Å²) < 4.78 is 5.92. The number of aromatic amines is 1. The molecule has 8 heteroatoms. The lowest BCUT2D eigenvalue weighted by atomic mass is 10.1. The first-order chi connectivity index (χ1) is 8.04. The first kappa shape index (κ1) is 11.7. The fourth-order valence-corrected chi connectivity index (χ4v) is 1.66. The fourth-order valence-electron chi connectivity index (χ4n) is 1.66. The zero-order chi connectivity index (χ0) is 12.6. The van der Waals surface area contributed by atoms with E-state index in [0.29, 0.717) is 6.29 Å². The van der Waals surface area contributed by atoms with Crippen LogP contribution in [0.1, 0.15) is 6.23 Å². The van der Waals surface area contributed by atoms with Crippen LogP contribution >= 0.6 is 0 Å². The Morgan fingerprint density at radius 2 is 2.06 bits per heavy atom. The Morgan fingerprint density at radius 3 is 2.59 bits per heavy atom. The second kappa shape index (κ2) is 4.24. The highest BCUT2D eigenvalue weighted by molar-refractivity contribution is 5.58. The predicted molar refractivity (Wildman–Crippen MR) is 53.3 cm³/mol. The molecular weight excluding hydrogens is 232 g/mol. The lowest BCUT2D eigenvalue weighted by molar-refractivity contribution is -0.122. The molecule has 1 aromatic rings. The lowest BCUT2D eigenvalue weighted by Gasteiger charge is -2.16. The van der Waals surface area contributed by atoms with Gasteiger partial charge >= 0.3 is 5.69 Å². The summed E-state index contributed by atoms with van der Waals surface area (Å²) in [6, 6.07) is 1.07. The molecule has 1 saturated heterocycles. The van der Waals surface area contributed by atoms with Crippen molar-refractivity contribution in [3.63, 3.8) is 0 Å². The molecule has 1 aromatic heterocycles. The number of aromatic nitrogens is 2. The van der Waals surface area contributed by atoms with Gasteiger partial charge in [-0.05, 0) is 0 Å². The average molecular weight is 242 g/mol. The van der Waals surface area contributed by atoms with Crippen molar-refractivity contribution in [3.05, 3.63) is 33.1 Å². The number of carbonyl (C=O) groups excluding carboxylic acids is 1. The molecule has 2 heterocycles. The second-order valence-corrected chi connectivity index (χ2v) is 3.63. The monoisotopic (exact) mass is 242 g/mol. The maximum absolute atomic E-state index is 11.4. The van der Waals surface area contributed by atoms with E-state index in [9.17, 15) is 24.6 Å². The van der Waals surface area contributed by atoms with Gasteiger partial charge in [-0.1, -0.05) is 0 Å². The van der Waals surface area contributed by atoms with E-state index in [1.165, 1.54) is 0 Å². The zero-order valence-corrected chi connectivity index (χ0v) is 8.52. The molecule has 1 aliphatic rings. The van der Waals surface area contributed by atoms with E-state index in [4.69, 9.17) is 4.74 Å². The Balaban J connectivity index is 2.38. The molecule has 0 bridgehead atoms. The first-order valence-corrected chi connectivity index (χ1v) is 4.83.